The molecule has 5 heteroatoms. The lowest BCUT2D eigenvalue weighted by Gasteiger charge is -2.13. The molecule has 4 nitrogen and oxygen atoms in total. The Morgan fingerprint density at radius 1 is 1.14 bits per heavy atom. The van der Waals surface area contributed by atoms with Crippen LogP contribution in [0, 0.1) is 12.7 Å². The van der Waals surface area contributed by atoms with E-state index in [4.69, 9.17) is 10.5 Å². The third kappa shape index (κ3) is 3.93. The van der Waals surface area contributed by atoms with Gasteiger partial charge in [-0.15, -0.1) is 0 Å². The zero-order valence-electron chi connectivity index (χ0n) is 15.5. The molecule has 2 N–H and O–H groups in total. The van der Waals surface area contributed by atoms with Gasteiger partial charge in [0.15, 0.2) is 5.84 Å². The van der Waals surface area contributed by atoms with Gasteiger partial charge in [0.1, 0.15) is 18.2 Å². The van der Waals surface area contributed by atoms with Gasteiger partial charge in [0.05, 0.1) is 5.70 Å². The number of nitrogens with zero attached hydrogens (tertiary/aromatic N) is 2. The van der Waals surface area contributed by atoms with E-state index in [1.807, 2.05) is 37.3 Å². The molecule has 0 aromatic heterocycles. The Hall–Kier alpha value is -3.47. The zero-order chi connectivity index (χ0) is 19.5. The first-order valence-corrected chi connectivity index (χ1v) is 9.06. The summed E-state index contributed by atoms with van der Waals surface area (Å²) in [5, 5.41) is 0. The number of fused-ring (bicyclic) bond motifs is 1. The Bertz CT molecular complexity index is 1080. The fraction of sp³-hybridized carbons (Fsp3) is 0.130. The number of ether oxygens (including phenoxy) is 1. The van der Waals surface area contributed by atoms with E-state index in [1.54, 1.807) is 18.3 Å². The van der Waals surface area contributed by atoms with Crippen LogP contribution in [0.1, 0.15) is 17.5 Å². The number of hydrogen-bond acceptors (Lipinski definition) is 4. The van der Waals surface area contributed by atoms with Crippen molar-refractivity contribution < 1.29 is 9.13 Å². The molecule has 0 bridgehead atoms. The summed E-state index contributed by atoms with van der Waals surface area (Å²) in [5.41, 5.74) is 11.7. The largest absolute Gasteiger partial charge is 0.487 e. The number of aryl methyl sites for hydroxylation is 1. The molecule has 0 saturated heterocycles. The van der Waals surface area contributed by atoms with Gasteiger partial charge in [-0.3, -0.25) is 0 Å². The Balaban J connectivity index is 1.52. The number of amidine groups is 1. The highest BCUT2D eigenvalue weighted by atomic mass is 19.1. The van der Waals surface area contributed by atoms with Crippen molar-refractivity contribution in [3.63, 3.8) is 0 Å². The predicted octanol–water partition coefficient (Wildman–Crippen LogP) is 4.88. The van der Waals surface area contributed by atoms with Crippen molar-refractivity contribution in [1.29, 1.82) is 0 Å². The van der Waals surface area contributed by atoms with E-state index in [0.717, 1.165) is 33.7 Å². The summed E-state index contributed by atoms with van der Waals surface area (Å²) in [4.78, 5) is 9.17. The minimum Gasteiger partial charge on any atom is -0.487 e. The first-order valence-electron chi connectivity index (χ1n) is 9.06. The summed E-state index contributed by atoms with van der Waals surface area (Å²) >= 11 is 0. The molecule has 0 unspecified atom stereocenters. The molecule has 2 aliphatic heterocycles. The highest BCUT2D eigenvalue weighted by Crippen LogP contribution is 2.26. The Morgan fingerprint density at radius 2 is 2.04 bits per heavy atom. The molecule has 0 aliphatic carbocycles. The van der Waals surface area contributed by atoms with Crippen molar-refractivity contribution in [3.8, 4) is 5.75 Å². The van der Waals surface area contributed by atoms with Crippen LogP contribution in [0.4, 0.5) is 10.1 Å². The smallest absolute Gasteiger partial charge is 0.155 e. The second kappa shape index (κ2) is 7.64. The van der Waals surface area contributed by atoms with Gasteiger partial charge in [0.25, 0.3) is 0 Å². The molecule has 2 aromatic rings. The summed E-state index contributed by atoms with van der Waals surface area (Å²) in [6, 6.07) is 12.0. The van der Waals surface area contributed by atoms with E-state index in [-0.39, 0.29) is 12.4 Å². The lowest BCUT2D eigenvalue weighted by Crippen LogP contribution is -2.09. The van der Waals surface area contributed by atoms with Crippen LogP contribution in [0.5, 0.6) is 5.75 Å². The monoisotopic (exact) mass is 373 g/mol. The van der Waals surface area contributed by atoms with Crippen LogP contribution < -0.4 is 10.5 Å². The van der Waals surface area contributed by atoms with E-state index in [2.05, 4.69) is 16.1 Å². The molecule has 0 atom stereocenters. The van der Waals surface area contributed by atoms with Crippen LogP contribution in [0.15, 0.2) is 81.9 Å². The predicted molar refractivity (Wildman–Crippen MR) is 112 cm³/mol. The van der Waals surface area contributed by atoms with E-state index < -0.39 is 0 Å². The van der Waals surface area contributed by atoms with Gasteiger partial charge in [-0.1, -0.05) is 35.9 Å². The third-order valence-corrected chi connectivity index (χ3v) is 4.59. The topological polar surface area (TPSA) is 60.0 Å². The van der Waals surface area contributed by atoms with Gasteiger partial charge >= 0.3 is 0 Å². The molecular formula is C23H20FN3O. The highest BCUT2D eigenvalue weighted by molar-refractivity contribution is 6.19. The molecule has 2 aromatic carbocycles. The molecule has 0 radical (unpaired) electrons. The Kier molecular flexibility index (Phi) is 4.89. The summed E-state index contributed by atoms with van der Waals surface area (Å²) in [5.74, 6) is 0.817. The number of hydrogen-bond donors (Lipinski definition) is 1. The number of benzene rings is 2. The fourth-order valence-electron chi connectivity index (χ4n) is 3.08. The SMILES string of the molecule is Cc1ccc(N)c(C2=CC=C3CC=C(COc4cccc(F)c4)N=C3N=C2)c1. The molecule has 0 amide bonds. The molecule has 0 fully saturated rings. The molecule has 2 aliphatic rings. The van der Waals surface area contributed by atoms with Crippen molar-refractivity contribution in [3.05, 3.63) is 88.9 Å². The first-order chi connectivity index (χ1) is 13.6. The number of nitrogen functional groups attached to an aromatic ring is 1. The summed E-state index contributed by atoms with van der Waals surface area (Å²) in [6.07, 6.45) is 8.57. The minimum absolute atomic E-state index is 0.265. The van der Waals surface area contributed by atoms with Crippen molar-refractivity contribution in [2.75, 3.05) is 12.3 Å². The van der Waals surface area contributed by atoms with Gasteiger partial charge in [-0.25, -0.2) is 14.4 Å². The molecule has 4 rings (SSSR count). The van der Waals surface area contributed by atoms with Crippen molar-refractivity contribution in [2.45, 2.75) is 13.3 Å². The van der Waals surface area contributed by atoms with Crippen LogP contribution in [-0.2, 0) is 0 Å². The lowest BCUT2D eigenvalue weighted by molar-refractivity contribution is 0.348. The summed E-state index contributed by atoms with van der Waals surface area (Å²) in [6.45, 7) is 2.30. The zero-order valence-corrected chi connectivity index (χ0v) is 15.5. The number of allylic oxidation sites excluding steroid dienone is 4. The maximum Gasteiger partial charge on any atom is 0.155 e. The average molecular weight is 373 g/mol. The van der Waals surface area contributed by atoms with E-state index in [0.29, 0.717) is 18.0 Å². The molecule has 28 heavy (non-hydrogen) atoms. The number of anilines is 1. The molecule has 140 valence electrons. The van der Waals surface area contributed by atoms with Gasteiger partial charge in [0.2, 0.25) is 0 Å². The Morgan fingerprint density at radius 3 is 2.89 bits per heavy atom. The highest BCUT2D eigenvalue weighted by Gasteiger charge is 2.15. The number of rotatable bonds is 4. The van der Waals surface area contributed by atoms with Crippen molar-refractivity contribution in [2.24, 2.45) is 9.98 Å². The molecule has 2 heterocycles. The van der Waals surface area contributed by atoms with E-state index >= 15 is 0 Å². The van der Waals surface area contributed by atoms with E-state index in [9.17, 15) is 4.39 Å². The maximum absolute atomic E-state index is 13.3. The number of aliphatic imine (C=N–C) groups is 2. The van der Waals surface area contributed by atoms with Gasteiger partial charge in [0, 0.05) is 34.7 Å². The summed E-state index contributed by atoms with van der Waals surface area (Å²) in [7, 11) is 0. The lowest BCUT2D eigenvalue weighted by atomic mass is 10.0. The molecule has 0 spiro atoms. The second-order valence-corrected chi connectivity index (χ2v) is 6.74. The number of halogens is 1. The van der Waals surface area contributed by atoms with Gasteiger partial charge < -0.3 is 10.5 Å². The van der Waals surface area contributed by atoms with Gasteiger partial charge in [-0.2, -0.15) is 0 Å². The summed E-state index contributed by atoms with van der Waals surface area (Å²) < 4.78 is 18.9. The van der Waals surface area contributed by atoms with Crippen LogP contribution in [0.25, 0.3) is 5.57 Å². The Labute approximate surface area is 163 Å². The van der Waals surface area contributed by atoms with Crippen molar-refractivity contribution in [1.82, 2.24) is 0 Å². The minimum atomic E-state index is -0.325. The van der Waals surface area contributed by atoms with Crippen LogP contribution >= 0.6 is 0 Å². The maximum atomic E-state index is 13.3. The second-order valence-electron chi connectivity index (χ2n) is 6.74. The van der Waals surface area contributed by atoms with Crippen LogP contribution in [0.3, 0.4) is 0 Å². The quantitative estimate of drug-likeness (QED) is 0.777. The standard InChI is InChI=1S/C23H20FN3O/c1-15-5-10-22(25)21(11-15)17-7-6-16-8-9-19(27-23(16)26-13-17)14-28-20-4-2-3-18(24)12-20/h2-7,9-13H,8,14,25H2,1H3. The van der Waals surface area contributed by atoms with E-state index in [1.165, 1.54) is 12.1 Å². The number of nitrogens with two attached hydrogens (primary N) is 1. The van der Waals surface area contributed by atoms with Gasteiger partial charge in [-0.05, 0) is 37.6 Å². The van der Waals surface area contributed by atoms with Crippen LogP contribution in [-0.4, -0.2) is 18.7 Å². The first kappa shape index (κ1) is 17.9. The van der Waals surface area contributed by atoms with Crippen molar-refractivity contribution >= 4 is 23.3 Å². The normalized spacial score (nSPS) is 15.6. The molecule has 0 saturated carbocycles. The molecular weight excluding hydrogens is 353 g/mol. The fourth-order valence-corrected chi connectivity index (χ4v) is 3.08. The third-order valence-electron chi connectivity index (χ3n) is 4.59. The average Bonchev–Trinajstić information content (AvgIpc) is 2.90. The van der Waals surface area contributed by atoms with Crippen LogP contribution in [0.2, 0.25) is 0 Å².